The summed E-state index contributed by atoms with van der Waals surface area (Å²) in [5, 5.41) is 2.48. The molecule has 1 atom stereocenters. The minimum atomic E-state index is -0.375. The molecule has 0 unspecified atom stereocenters. The molecular formula is C18H19N3O3S2. The van der Waals surface area contributed by atoms with Crippen molar-refractivity contribution in [1.82, 2.24) is 14.0 Å². The number of hydrogen-bond donors (Lipinski definition) is 0. The lowest BCUT2D eigenvalue weighted by molar-refractivity contribution is 0.0742. The van der Waals surface area contributed by atoms with Gasteiger partial charge in [0.15, 0.2) is 0 Å². The zero-order valence-corrected chi connectivity index (χ0v) is 16.2. The van der Waals surface area contributed by atoms with Gasteiger partial charge in [-0.05, 0) is 30.4 Å². The molecule has 1 saturated heterocycles. The number of likely N-dealkylation sites (tertiary alicyclic amines) is 1. The quantitative estimate of drug-likeness (QED) is 0.690. The third-order valence-electron chi connectivity index (χ3n) is 4.99. The Kier molecular flexibility index (Phi) is 4.32. The van der Waals surface area contributed by atoms with E-state index in [0.29, 0.717) is 15.1 Å². The number of nitrogens with zero attached hydrogens (tertiary/aromatic N) is 3. The summed E-state index contributed by atoms with van der Waals surface area (Å²) in [4.78, 5) is 41.8. The molecule has 8 heteroatoms. The average Bonchev–Trinajstić information content (AvgIpc) is 3.38. The molecule has 0 N–H and O–H groups in total. The summed E-state index contributed by atoms with van der Waals surface area (Å²) in [6.07, 6.45) is 2.86. The van der Waals surface area contributed by atoms with Gasteiger partial charge in [0.25, 0.3) is 11.5 Å². The molecule has 4 heterocycles. The topological polar surface area (TPSA) is 64.3 Å². The second kappa shape index (κ2) is 6.51. The normalized spacial score (nSPS) is 17.3. The van der Waals surface area contributed by atoms with Crippen LogP contribution in [0.5, 0.6) is 0 Å². The second-order valence-electron chi connectivity index (χ2n) is 6.61. The summed E-state index contributed by atoms with van der Waals surface area (Å²) in [7, 11) is 3.09. The van der Waals surface area contributed by atoms with Gasteiger partial charge in [-0.15, -0.1) is 22.7 Å². The molecule has 6 nitrogen and oxygen atoms in total. The number of thiophene rings is 2. The first-order chi connectivity index (χ1) is 12.5. The van der Waals surface area contributed by atoms with E-state index < -0.39 is 0 Å². The van der Waals surface area contributed by atoms with Crippen LogP contribution in [0.3, 0.4) is 0 Å². The number of aryl methyl sites for hydroxylation is 1. The third-order valence-corrected chi connectivity index (χ3v) is 7.09. The summed E-state index contributed by atoms with van der Waals surface area (Å²) in [5.41, 5.74) is -0.727. The van der Waals surface area contributed by atoms with Gasteiger partial charge in [-0.1, -0.05) is 6.07 Å². The van der Waals surface area contributed by atoms with Crippen LogP contribution in [0.1, 0.15) is 27.4 Å². The van der Waals surface area contributed by atoms with Gasteiger partial charge < -0.3 is 4.90 Å². The first-order valence-electron chi connectivity index (χ1n) is 8.50. The number of amides is 1. The maximum Gasteiger partial charge on any atom is 0.331 e. The number of carbonyl (C=O) groups excluding carboxylic acids is 1. The van der Waals surface area contributed by atoms with Crippen LogP contribution >= 0.6 is 22.7 Å². The molecule has 0 saturated carbocycles. The van der Waals surface area contributed by atoms with E-state index in [1.54, 1.807) is 24.5 Å². The molecule has 3 aromatic heterocycles. The third kappa shape index (κ3) is 2.73. The monoisotopic (exact) mass is 389 g/mol. The first kappa shape index (κ1) is 17.2. The van der Waals surface area contributed by atoms with Crippen LogP contribution in [0.25, 0.3) is 10.2 Å². The van der Waals surface area contributed by atoms with Gasteiger partial charge in [0.05, 0.1) is 10.3 Å². The van der Waals surface area contributed by atoms with Crippen molar-refractivity contribution < 1.29 is 4.79 Å². The molecule has 3 aromatic rings. The number of aromatic nitrogens is 2. The highest BCUT2D eigenvalue weighted by Crippen LogP contribution is 2.28. The molecule has 4 rings (SSSR count). The van der Waals surface area contributed by atoms with Crippen LogP contribution in [-0.2, 0) is 20.5 Å². The molecule has 0 aromatic carbocycles. The number of fused-ring (bicyclic) bond motifs is 1. The summed E-state index contributed by atoms with van der Waals surface area (Å²) >= 11 is 2.94. The molecule has 0 radical (unpaired) electrons. The lowest BCUT2D eigenvalue weighted by Crippen LogP contribution is -2.36. The average molecular weight is 390 g/mol. The Bertz CT molecular complexity index is 1090. The smallest absolute Gasteiger partial charge is 0.331 e. The first-order valence-corrected chi connectivity index (χ1v) is 10.2. The van der Waals surface area contributed by atoms with Gasteiger partial charge in [-0.2, -0.15) is 0 Å². The largest absolute Gasteiger partial charge is 0.335 e. The zero-order valence-electron chi connectivity index (χ0n) is 14.6. The van der Waals surface area contributed by atoms with E-state index in [9.17, 15) is 14.4 Å². The molecule has 1 amide bonds. The summed E-state index contributed by atoms with van der Waals surface area (Å²) in [6.45, 7) is 0.736. The van der Waals surface area contributed by atoms with Crippen LogP contribution in [0, 0.1) is 0 Å². The van der Waals surface area contributed by atoms with E-state index in [4.69, 9.17) is 0 Å². The van der Waals surface area contributed by atoms with E-state index in [2.05, 4.69) is 11.4 Å². The molecule has 0 bridgehead atoms. The molecule has 1 aliphatic rings. The van der Waals surface area contributed by atoms with Crippen LogP contribution < -0.4 is 11.2 Å². The maximum absolute atomic E-state index is 13.1. The predicted molar refractivity (Wildman–Crippen MR) is 104 cm³/mol. The molecule has 26 heavy (non-hydrogen) atoms. The van der Waals surface area contributed by atoms with Crippen molar-refractivity contribution in [2.24, 2.45) is 14.1 Å². The van der Waals surface area contributed by atoms with Gasteiger partial charge in [0.1, 0.15) is 4.83 Å². The summed E-state index contributed by atoms with van der Waals surface area (Å²) < 4.78 is 2.52. The van der Waals surface area contributed by atoms with E-state index in [1.807, 2.05) is 11.0 Å². The minimum Gasteiger partial charge on any atom is -0.335 e. The fraction of sp³-hybridized carbons (Fsp3) is 0.389. The van der Waals surface area contributed by atoms with E-state index in [0.717, 1.165) is 30.4 Å². The highest BCUT2D eigenvalue weighted by atomic mass is 32.1. The van der Waals surface area contributed by atoms with Crippen molar-refractivity contribution in [1.29, 1.82) is 0 Å². The van der Waals surface area contributed by atoms with Crippen molar-refractivity contribution in [3.63, 3.8) is 0 Å². The van der Waals surface area contributed by atoms with Crippen LogP contribution in [-0.4, -0.2) is 32.5 Å². The Hall–Kier alpha value is -2.19. The Morgan fingerprint density at radius 3 is 2.81 bits per heavy atom. The van der Waals surface area contributed by atoms with E-state index in [1.165, 1.54) is 27.8 Å². The highest BCUT2D eigenvalue weighted by Gasteiger charge is 2.31. The Labute approximate surface area is 157 Å². The summed E-state index contributed by atoms with van der Waals surface area (Å²) in [5.74, 6) is -0.0419. The molecule has 0 spiro atoms. The predicted octanol–water partition coefficient (Wildman–Crippen LogP) is 2.21. The Morgan fingerprint density at radius 2 is 2.08 bits per heavy atom. The van der Waals surface area contributed by atoms with Crippen LogP contribution in [0.15, 0.2) is 33.2 Å². The van der Waals surface area contributed by atoms with Gasteiger partial charge >= 0.3 is 5.69 Å². The minimum absolute atomic E-state index is 0.0419. The van der Waals surface area contributed by atoms with Crippen LogP contribution in [0.2, 0.25) is 0 Å². The Morgan fingerprint density at radius 1 is 1.27 bits per heavy atom. The number of carbonyl (C=O) groups is 1. The number of rotatable bonds is 3. The van der Waals surface area contributed by atoms with Gasteiger partial charge in [-0.3, -0.25) is 18.7 Å². The van der Waals surface area contributed by atoms with Gasteiger partial charge in [0, 0.05) is 38.0 Å². The SMILES string of the molecule is Cn1c(=O)c2cc(C(=O)N3CCC[C@H]3Cc3cccs3)sc2n(C)c1=O. The molecule has 1 aliphatic heterocycles. The van der Waals surface area contributed by atoms with Crippen molar-refractivity contribution in [3.05, 3.63) is 54.2 Å². The maximum atomic E-state index is 13.1. The van der Waals surface area contributed by atoms with Crippen molar-refractivity contribution >= 4 is 38.8 Å². The molecule has 136 valence electrons. The van der Waals surface area contributed by atoms with Gasteiger partial charge in [0.2, 0.25) is 0 Å². The van der Waals surface area contributed by atoms with E-state index in [-0.39, 0.29) is 23.2 Å². The lowest BCUT2D eigenvalue weighted by Gasteiger charge is -2.23. The summed E-state index contributed by atoms with van der Waals surface area (Å²) in [6, 6.07) is 5.97. The fourth-order valence-electron chi connectivity index (χ4n) is 3.59. The lowest BCUT2D eigenvalue weighted by atomic mass is 10.1. The highest BCUT2D eigenvalue weighted by molar-refractivity contribution is 7.20. The molecular weight excluding hydrogens is 370 g/mol. The fourth-order valence-corrected chi connectivity index (χ4v) is 5.42. The van der Waals surface area contributed by atoms with Crippen molar-refractivity contribution in [2.75, 3.05) is 6.54 Å². The van der Waals surface area contributed by atoms with Crippen molar-refractivity contribution in [3.8, 4) is 0 Å². The van der Waals surface area contributed by atoms with Gasteiger partial charge in [-0.25, -0.2) is 4.79 Å². The van der Waals surface area contributed by atoms with E-state index >= 15 is 0 Å². The molecule has 1 fully saturated rings. The Balaban J connectivity index is 1.70. The van der Waals surface area contributed by atoms with Crippen LogP contribution in [0.4, 0.5) is 0 Å². The standard InChI is InChI=1S/C18H19N3O3S2/c1-19-15(22)13-10-14(26-17(13)20(2)18(19)24)16(23)21-7-3-5-11(21)9-12-6-4-8-25-12/h4,6,8,10-11H,3,5,7,9H2,1-2H3/t11-/m0/s1. The second-order valence-corrected chi connectivity index (χ2v) is 8.68. The zero-order chi connectivity index (χ0) is 18.4. The van der Waals surface area contributed by atoms with Crippen molar-refractivity contribution in [2.45, 2.75) is 25.3 Å². The number of hydrogen-bond acceptors (Lipinski definition) is 5. The molecule has 0 aliphatic carbocycles.